The van der Waals surface area contributed by atoms with Crippen LogP contribution in [0.25, 0.3) is 0 Å². The Morgan fingerprint density at radius 1 is 1.04 bits per heavy atom. The zero-order valence-corrected chi connectivity index (χ0v) is 12.6. The molecule has 2 aromatic carbocycles. The number of hydrogen-bond donors (Lipinski definition) is 2. The highest BCUT2D eigenvalue weighted by atomic mass is 16.5. The van der Waals surface area contributed by atoms with E-state index in [-0.39, 0.29) is 5.56 Å². The van der Waals surface area contributed by atoms with Crippen LogP contribution in [0.15, 0.2) is 59.4 Å². The molecule has 6 heteroatoms. The Balaban J connectivity index is 1.74. The molecule has 2 N–H and O–H groups in total. The molecule has 23 heavy (non-hydrogen) atoms. The number of nitrogens with one attached hydrogen (secondary N) is 2. The van der Waals surface area contributed by atoms with E-state index >= 15 is 0 Å². The summed E-state index contributed by atoms with van der Waals surface area (Å²) >= 11 is 0. The van der Waals surface area contributed by atoms with Crippen LogP contribution in [-0.2, 0) is 6.42 Å². The second-order valence-corrected chi connectivity index (χ2v) is 4.97. The number of methoxy groups -OCH3 is 1. The molecule has 0 atom stereocenters. The predicted octanol–water partition coefficient (Wildman–Crippen LogP) is 2.51. The van der Waals surface area contributed by atoms with Gasteiger partial charge >= 0.3 is 0 Å². The molecule has 0 saturated carbocycles. The van der Waals surface area contributed by atoms with Crippen molar-refractivity contribution in [3.05, 3.63) is 76.2 Å². The van der Waals surface area contributed by atoms with E-state index in [2.05, 4.69) is 20.5 Å². The first-order valence-corrected chi connectivity index (χ1v) is 7.15. The minimum absolute atomic E-state index is 0.250. The molecule has 0 aliphatic heterocycles. The standard InChI is InChI=1S/C17H16N4O2/c1-23-14-9-7-13(8-10-14)18-17-19-16(22)15(20-21-17)11-12-5-3-2-4-6-12/h2-10H,11H2,1H3,(H2,18,19,21,22). The van der Waals surface area contributed by atoms with E-state index in [0.717, 1.165) is 17.0 Å². The van der Waals surface area contributed by atoms with E-state index in [4.69, 9.17) is 4.74 Å². The third kappa shape index (κ3) is 3.74. The molecule has 0 amide bonds. The first kappa shape index (κ1) is 14.8. The van der Waals surface area contributed by atoms with Gasteiger partial charge in [0.1, 0.15) is 11.4 Å². The van der Waals surface area contributed by atoms with E-state index in [9.17, 15) is 4.79 Å². The summed E-state index contributed by atoms with van der Waals surface area (Å²) in [6, 6.07) is 17.0. The number of benzene rings is 2. The van der Waals surface area contributed by atoms with Crippen molar-refractivity contribution in [1.82, 2.24) is 15.2 Å². The number of H-pyrrole nitrogens is 1. The van der Waals surface area contributed by atoms with Crippen LogP contribution in [0.1, 0.15) is 11.3 Å². The number of rotatable bonds is 5. The monoisotopic (exact) mass is 308 g/mol. The molecule has 3 aromatic rings. The summed E-state index contributed by atoms with van der Waals surface area (Å²) in [6.45, 7) is 0. The summed E-state index contributed by atoms with van der Waals surface area (Å²) in [7, 11) is 1.61. The van der Waals surface area contributed by atoms with Crippen molar-refractivity contribution in [2.45, 2.75) is 6.42 Å². The summed E-state index contributed by atoms with van der Waals surface area (Å²) in [5.41, 5.74) is 1.94. The smallest absolute Gasteiger partial charge is 0.274 e. The van der Waals surface area contributed by atoms with Crippen molar-refractivity contribution in [2.75, 3.05) is 12.4 Å². The third-order valence-electron chi connectivity index (χ3n) is 3.33. The third-order valence-corrected chi connectivity index (χ3v) is 3.33. The van der Waals surface area contributed by atoms with Gasteiger partial charge in [-0.2, -0.15) is 0 Å². The van der Waals surface area contributed by atoms with Crippen LogP contribution in [0.5, 0.6) is 5.75 Å². The summed E-state index contributed by atoms with van der Waals surface area (Å²) in [5.74, 6) is 1.06. The fourth-order valence-electron chi connectivity index (χ4n) is 2.13. The minimum Gasteiger partial charge on any atom is -0.497 e. The van der Waals surface area contributed by atoms with Crippen LogP contribution in [0.2, 0.25) is 0 Å². The number of nitrogens with zero attached hydrogens (tertiary/aromatic N) is 2. The van der Waals surface area contributed by atoms with Crippen LogP contribution in [0.4, 0.5) is 11.6 Å². The SMILES string of the molecule is COc1ccc(Nc2nnc(Cc3ccccc3)c(=O)[nH]2)cc1. The Kier molecular flexibility index (Phi) is 4.33. The van der Waals surface area contributed by atoms with Gasteiger partial charge in [0, 0.05) is 12.1 Å². The fourth-order valence-corrected chi connectivity index (χ4v) is 2.13. The molecular formula is C17H16N4O2. The number of anilines is 2. The lowest BCUT2D eigenvalue weighted by molar-refractivity contribution is 0.415. The van der Waals surface area contributed by atoms with Crippen molar-refractivity contribution in [2.24, 2.45) is 0 Å². The van der Waals surface area contributed by atoms with E-state index in [1.807, 2.05) is 54.6 Å². The summed E-state index contributed by atoms with van der Waals surface area (Å²) in [5, 5.41) is 11.1. The van der Waals surface area contributed by atoms with Gasteiger partial charge in [-0.1, -0.05) is 30.3 Å². The second kappa shape index (κ2) is 6.74. The molecule has 0 aliphatic carbocycles. The molecule has 0 saturated heterocycles. The van der Waals surface area contributed by atoms with Crippen molar-refractivity contribution >= 4 is 11.6 Å². The van der Waals surface area contributed by atoms with E-state index in [0.29, 0.717) is 18.1 Å². The van der Waals surface area contributed by atoms with Crippen LogP contribution >= 0.6 is 0 Å². The molecule has 0 bridgehead atoms. The molecular weight excluding hydrogens is 292 g/mol. The molecule has 1 aromatic heterocycles. The Morgan fingerprint density at radius 2 is 1.78 bits per heavy atom. The number of aromatic amines is 1. The maximum Gasteiger partial charge on any atom is 0.274 e. The summed E-state index contributed by atoms with van der Waals surface area (Å²) < 4.78 is 5.10. The number of ether oxygens (including phenoxy) is 1. The lowest BCUT2D eigenvalue weighted by Gasteiger charge is -2.06. The van der Waals surface area contributed by atoms with Crippen LogP contribution in [-0.4, -0.2) is 22.3 Å². The second-order valence-electron chi connectivity index (χ2n) is 4.97. The predicted molar refractivity (Wildman–Crippen MR) is 88.2 cm³/mol. The van der Waals surface area contributed by atoms with Gasteiger partial charge in [0.2, 0.25) is 5.95 Å². The number of hydrogen-bond acceptors (Lipinski definition) is 5. The van der Waals surface area contributed by atoms with Crippen molar-refractivity contribution in [3.8, 4) is 5.75 Å². The molecule has 0 radical (unpaired) electrons. The summed E-state index contributed by atoms with van der Waals surface area (Å²) in [6.07, 6.45) is 0.450. The maximum atomic E-state index is 12.1. The molecule has 1 heterocycles. The fraction of sp³-hybridized carbons (Fsp3) is 0.118. The van der Waals surface area contributed by atoms with Gasteiger partial charge < -0.3 is 10.1 Å². The zero-order valence-electron chi connectivity index (χ0n) is 12.6. The zero-order chi connectivity index (χ0) is 16.1. The normalized spacial score (nSPS) is 10.3. The average Bonchev–Trinajstić information content (AvgIpc) is 2.59. The maximum absolute atomic E-state index is 12.1. The van der Waals surface area contributed by atoms with Crippen molar-refractivity contribution in [1.29, 1.82) is 0 Å². The molecule has 0 unspecified atom stereocenters. The molecule has 3 rings (SSSR count). The van der Waals surface area contributed by atoms with Gasteiger partial charge in [-0.05, 0) is 29.8 Å². The topological polar surface area (TPSA) is 79.9 Å². The largest absolute Gasteiger partial charge is 0.497 e. The highest BCUT2D eigenvalue weighted by molar-refractivity contribution is 5.54. The van der Waals surface area contributed by atoms with Gasteiger partial charge in [-0.3, -0.25) is 9.78 Å². The molecule has 0 aliphatic rings. The average molecular weight is 308 g/mol. The Bertz CT molecular complexity index is 829. The lowest BCUT2D eigenvalue weighted by atomic mass is 10.1. The summed E-state index contributed by atoms with van der Waals surface area (Å²) in [4.78, 5) is 14.8. The molecule has 0 fully saturated rings. The Morgan fingerprint density at radius 3 is 2.43 bits per heavy atom. The highest BCUT2D eigenvalue weighted by Crippen LogP contribution is 2.17. The van der Waals surface area contributed by atoms with E-state index in [1.54, 1.807) is 7.11 Å². The van der Waals surface area contributed by atoms with E-state index < -0.39 is 0 Å². The molecule has 0 spiro atoms. The van der Waals surface area contributed by atoms with Gasteiger partial charge in [-0.15, -0.1) is 10.2 Å². The molecule has 6 nitrogen and oxygen atoms in total. The number of aromatic nitrogens is 3. The van der Waals surface area contributed by atoms with E-state index in [1.165, 1.54) is 0 Å². The highest BCUT2D eigenvalue weighted by Gasteiger charge is 2.06. The quantitative estimate of drug-likeness (QED) is 0.757. The van der Waals surface area contributed by atoms with Crippen molar-refractivity contribution in [3.63, 3.8) is 0 Å². The van der Waals surface area contributed by atoms with Gasteiger partial charge in [0.05, 0.1) is 7.11 Å². The lowest BCUT2D eigenvalue weighted by Crippen LogP contribution is -2.18. The Hall–Kier alpha value is -3.15. The van der Waals surface area contributed by atoms with Crippen LogP contribution in [0.3, 0.4) is 0 Å². The van der Waals surface area contributed by atoms with Crippen LogP contribution in [0, 0.1) is 0 Å². The van der Waals surface area contributed by atoms with Crippen molar-refractivity contribution < 1.29 is 4.74 Å². The first-order valence-electron chi connectivity index (χ1n) is 7.15. The molecule has 116 valence electrons. The van der Waals surface area contributed by atoms with Gasteiger partial charge in [-0.25, -0.2) is 0 Å². The first-order chi connectivity index (χ1) is 11.2. The van der Waals surface area contributed by atoms with Crippen LogP contribution < -0.4 is 15.6 Å². The van der Waals surface area contributed by atoms with Gasteiger partial charge in [0.15, 0.2) is 0 Å². The van der Waals surface area contributed by atoms with Gasteiger partial charge in [0.25, 0.3) is 5.56 Å². The Labute approximate surface area is 133 Å². The minimum atomic E-state index is -0.250.